The van der Waals surface area contributed by atoms with Crippen molar-refractivity contribution >= 4 is 38.3 Å². The van der Waals surface area contributed by atoms with Crippen LogP contribution in [0.3, 0.4) is 0 Å². The van der Waals surface area contributed by atoms with Gasteiger partial charge in [-0.3, -0.25) is 14.5 Å². The number of anilines is 1. The van der Waals surface area contributed by atoms with Crippen LogP contribution in [0.4, 0.5) is 5.13 Å². The van der Waals surface area contributed by atoms with Gasteiger partial charge in [0.05, 0.1) is 11.7 Å². The molecule has 0 saturated carbocycles. The third-order valence-electron chi connectivity index (χ3n) is 4.43. The lowest BCUT2D eigenvalue weighted by atomic mass is 10.1. The SMILES string of the molecule is CCS(=O)(=O)N1CCN(C(=O)C2CC(=O)N(c3nccs3)C2)CC1. The van der Waals surface area contributed by atoms with Crippen molar-refractivity contribution < 1.29 is 18.0 Å². The monoisotopic (exact) mass is 372 g/mol. The van der Waals surface area contributed by atoms with Gasteiger partial charge in [-0.05, 0) is 6.92 Å². The second-order valence-electron chi connectivity index (χ2n) is 5.84. The van der Waals surface area contributed by atoms with Gasteiger partial charge in [-0.2, -0.15) is 4.31 Å². The summed E-state index contributed by atoms with van der Waals surface area (Å²) in [6, 6.07) is 0. The normalized spacial score (nSPS) is 23.0. The van der Waals surface area contributed by atoms with Crippen LogP contribution in [0, 0.1) is 5.92 Å². The minimum absolute atomic E-state index is 0.0703. The van der Waals surface area contributed by atoms with Crippen molar-refractivity contribution in [2.75, 3.05) is 43.4 Å². The lowest BCUT2D eigenvalue weighted by molar-refractivity contribution is -0.136. The largest absolute Gasteiger partial charge is 0.340 e. The number of hydrogen-bond acceptors (Lipinski definition) is 6. The number of amides is 2. The highest BCUT2D eigenvalue weighted by molar-refractivity contribution is 7.89. The summed E-state index contributed by atoms with van der Waals surface area (Å²) in [5.41, 5.74) is 0. The molecule has 0 radical (unpaired) electrons. The quantitative estimate of drug-likeness (QED) is 0.741. The lowest BCUT2D eigenvalue weighted by Gasteiger charge is -2.35. The Morgan fingerprint density at radius 1 is 1.33 bits per heavy atom. The molecule has 0 bridgehead atoms. The molecule has 1 aromatic rings. The molecule has 24 heavy (non-hydrogen) atoms. The van der Waals surface area contributed by atoms with E-state index in [1.165, 1.54) is 15.6 Å². The summed E-state index contributed by atoms with van der Waals surface area (Å²) in [4.78, 5) is 32.1. The molecule has 0 spiro atoms. The summed E-state index contributed by atoms with van der Waals surface area (Å²) in [5.74, 6) is -0.469. The molecule has 0 N–H and O–H groups in total. The number of aromatic nitrogens is 1. The van der Waals surface area contributed by atoms with E-state index in [9.17, 15) is 18.0 Å². The fourth-order valence-electron chi connectivity index (χ4n) is 3.03. The van der Waals surface area contributed by atoms with Crippen LogP contribution < -0.4 is 4.90 Å². The average molecular weight is 372 g/mol. The Morgan fingerprint density at radius 2 is 2.04 bits per heavy atom. The van der Waals surface area contributed by atoms with E-state index >= 15 is 0 Å². The van der Waals surface area contributed by atoms with E-state index in [4.69, 9.17) is 0 Å². The first-order chi connectivity index (χ1) is 11.4. The molecule has 3 rings (SSSR count). The highest BCUT2D eigenvalue weighted by Gasteiger charge is 2.39. The minimum atomic E-state index is -3.21. The standard InChI is InChI=1S/C14H20N4O4S2/c1-2-24(21,22)17-6-4-16(5-7-17)13(20)11-9-12(19)18(10-11)14-15-3-8-23-14/h3,8,11H,2,4-7,9-10H2,1H3. The van der Waals surface area contributed by atoms with Gasteiger partial charge in [-0.1, -0.05) is 0 Å². The zero-order valence-corrected chi connectivity index (χ0v) is 15.1. The van der Waals surface area contributed by atoms with E-state index in [1.807, 2.05) is 0 Å². The average Bonchev–Trinajstić information content (AvgIpc) is 3.23. The molecule has 0 aromatic carbocycles. The number of rotatable bonds is 4. The number of hydrogen-bond donors (Lipinski definition) is 0. The number of sulfonamides is 1. The van der Waals surface area contributed by atoms with Gasteiger partial charge in [0.1, 0.15) is 0 Å². The van der Waals surface area contributed by atoms with Crippen LogP contribution in [-0.4, -0.2) is 72.9 Å². The van der Waals surface area contributed by atoms with E-state index < -0.39 is 10.0 Å². The van der Waals surface area contributed by atoms with Gasteiger partial charge in [0.2, 0.25) is 21.8 Å². The summed E-state index contributed by atoms with van der Waals surface area (Å²) < 4.78 is 25.2. The molecule has 3 heterocycles. The van der Waals surface area contributed by atoms with Crippen LogP contribution in [0.5, 0.6) is 0 Å². The Hall–Kier alpha value is -1.52. The molecule has 2 aliphatic rings. The van der Waals surface area contributed by atoms with Crippen LogP contribution in [-0.2, 0) is 19.6 Å². The first kappa shape index (κ1) is 17.3. The second-order valence-corrected chi connectivity index (χ2v) is 8.98. The number of carbonyl (C=O) groups is 2. The molecule has 1 atom stereocenters. The van der Waals surface area contributed by atoms with Crippen molar-refractivity contribution in [2.45, 2.75) is 13.3 Å². The molecular weight excluding hydrogens is 352 g/mol. The second kappa shape index (κ2) is 6.77. The van der Waals surface area contributed by atoms with Crippen molar-refractivity contribution in [3.63, 3.8) is 0 Å². The van der Waals surface area contributed by atoms with Gasteiger partial charge in [-0.15, -0.1) is 11.3 Å². The molecule has 2 saturated heterocycles. The molecule has 10 heteroatoms. The Bertz CT molecular complexity index is 711. The van der Waals surface area contributed by atoms with Gasteiger partial charge in [0, 0.05) is 50.7 Å². The number of piperazine rings is 1. The van der Waals surface area contributed by atoms with Gasteiger partial charge in [0.15, 0.2) is 5.13 Å². The first-order valence-electron chi connectivity index (χ1n) is 7.89. The molecule has 1 aromatic heterocycles. The van der Waals surface area contributed by atoms with Gasteiger partial charge in [0.25, 0.3) is 0 Å². The number of nitrogens with zero attached hydrogens (tertiary/aromatic N) is 4. The first-order valence-corrected chi connectivity index (χ1v) is 10.4. The van der Waals surface area contributed by atoms with Crippen LogP contribution in [0.25, 0.3) is 0 Å². The topological polar surface area (TPSA) is 90.9 Å². The molecule has 2 amide bonds. The fraction of sp³-hybridized carbons (Fsp3) is 0.643. The van der Waals surface area contributed by atoms with Crippen molar-refractivity contribution in [3.8, 4) is 0 Å². The molecule has 132 valence electrons. The van der Waals surface area contributed by atoms with Crippen molar-refractivity contribution in [1.29, 1.82) is 0 Å². The van der Waals surface area contributed by atoms with E-state index in [0.717, 1.165) is 0 Å². The Kier molecular flexibility index (Phi) is 4.88. The van der Waals surface area contributed by atoms with Gasteiger partial charge in [-0.25, -0.2) is 13.4 Å². The third-order valence-corrected chi connectivity index (χ3v) is 7.11. The predicted octanol–water partition coefficient (Wildman–Crippen LogP) is -0.0101. The van der Waals surface area contributed by atoms with Gasteiger partial charge >= 0.3 is 0 Å². The minimum Gasteiger partial charge on any atom is -0.340 e. The molecule has 2 aliphatic heterocycles. The van der Waals surface area contributed by atoms with Crippen LogP contribution >= 0.6 is 11.3 Å². The number of carbonyl (C=O) groups excluding carboxylic acids is 2. The maximum Gasteiger partial charge on any atom is 0.229 e. The van der Waals surface area contributed by atoms with Crippen LogP contribution in [0.2, 0.25) is 0 Å². The van der Waals surface area contributed by atoms with Crippen molar-refractivity contribution in [1.82, 2.24) is 14.2 Å². The molecule has 0 aliphatic carbocycles. The van der Waals surface area contributed by atoms with E-state index in [2.05, 4.69) is 4.98 Å². The Balaban J connectivity index is 1.59. The summed E-state index contributed by atoms with van der Waals surface area (Å²) in [6.45, 7) is 3.35. The molecule has 8 nitrogen and oxygen atoms in total. The predicted molar refractivity (Wildman–Crippen MR) is 90.2 cm³/mol. The summed E-state index contributed by atoms with van der Waals surface area (Å²) >= 11 is 1.37. The lowest BCUT2D eigenvalue weighted by Crippen LogP contribution is -2.52. The van der Waals surface area contributed by atoms with E-state index in [-0.39, 0.29) is 29.9 Å². The zero-order valence-electron chi connectivity index (χ0n) is 13.4. The molecule has 2 fully saturated rings. The number of thiazole rings is 1. The van der Waals surface area contributed by atoms with E-state index in [1.54, 1.807) is 28.3 Å². The molecular formula is C14H20N4O4S2. The van der Waals surface area contributed by atoms with Crippen molar-refractivity contribution in [3.05, 3.63) is 11.6 Å². The maximum atomic E-state index is 12.6. The fourth-order valence-corrected chi connectivity index (χ4v) is 4.79. The summed E-state index contributed by atoms with van der Waals surface area (Å²) in [6.07, 6.45) is 1.82. The summed E-state index contributed by atoms with van der Waals surface area (Å²) in [7, 11) is -3.21. The Labute approximate surface area is 145 Å². The Morgan fingerprint density at radius 3 is 2.62 bits per heavy atom. The third kappa shape index (κ3) is 3.31. The van der Waals surface area contributed by atoms with Crippen LogP contribution in [0.15, 0.2) is 11.6 Å². The maximum absolute atomic E-state index is 12.6. The highest BCUT2D eigenvalue weighted by Crippen LogP contribution is 2.28. The smallest absolute Gasteiger partial charge is 0.229 e. The van der Waals surface area contributed by atoms with Crippen LogP contribution in [0.1, 0.15) is 13.3 Å². The highest BCUT2D eigenvalue weighted by atomic mass is 32.2. The summed E-state index contributed by atoms with van der Waals surface area (Å²) in [5, 5.41) is 2.42. The van der Waals surface area contributed by atoms with E-state index in [0.29, 0.717) is 37.9 Å². The molecule has 1 unspecified atom stereocenters. The van der Waals surface area contributed by atoms with Crippen molar-refractivity contribution in [2.24, 2.45) is 5.92 Å². The zero-order chi connectivity index (χ0) is 17.3. The van der Waals surface area contributed by atoms with Gasteiger partial charge < -0.3 is 4.90 Å².